The van der Waals surface area contributed by atoms with E-state index in [1.807, 2.05) is 0 Å². The van der Waals surface area contributed by atoms with Gasteiger partial charge >= 0.3 is 5.97 Å². The van der Waals surface area contributed by atoms with Crippen molar-refractivity contribution in [2.24, 2.45) is 17.6 Å². The quantitative estimate of drug-likeness (QED) is 0.745. The lowest BCUT2D eigenvalue weighted by molar-refractivity contribution is -0.152. The molecule has 0 bridgehead atoms. The SMILES string of the molecule is COC(=O)C1CCCN1C(=O)C1CCCC1CN. The minimum Gasteiger partial charge on any atom is -0.467 e. The summed E-state index contributed by atoms with van der Waals surface area (Å²) in [6, 6.07) is -0.374. The highest BCUT2D eigenvalue weighted by Crippen LogP contribution is 2.34. The van der Waals surface area contributed by atoms with Gasteiger partial charge in [0.1, 0.15) is 6.04 Å². The summed E-state index contributed by atoms with van der Waals surface area (Å²) in [5, 5.41) is 0. The number of likely N-dealkylation sites (tertiary alicyclic amines) is 1. The van der Waals surface area contributed by atoms with E-state index in [1.54, 1.807) is 4.90 Å². The van der Waals surface area contributed by atoms with Crippen molar-refractivity contribution in [3.05, 3.63) is 0 Å². The molecule has 18 heavy (non-hydrogen) atoms. The molecule has 0 spiro atoms. The first-order valence-electron chi connectivity index (χ1n) is 6.77. The Kier molecular flexibility index (Phi) is 4.22. The highest BCUT2D eigenvalue weighted by atomic mass is 16.5. The third-order valence-electron chi connectivity index (χ3n) is 4.29. The first-order chi connectivity index (χ1) is 8.69. The largest absolute Gasteiger partial charge is 0.467 e. The van der Waals surface area contributed by atoms with Crippen molar-refractivity contribution in [3.8, 4) is 0 Å². The Morgan fingerprint density at radius 1 is 1.28 bits per heavy atom. The number of nitrogens with zero attached hydrogens (tertiary/aromatic N) is 1. The Balaban J connectivity index is 2.05. The van der Waals surface area contributed by atoms with Crippen LogP contribution in [0.15, 0.2) is 0 Å². The van der Waals surface area contributed by atoms with Gasteiger partial charge in [0.2, 0.25) is 5.91 Å². The van der Waals surface area contributed by atoms with Gasteiger partial charge in [-0.1, -0.05) is 6.42 Å². The zero-order valence-electron chi connectivity index (χ0n) is 10.9. The Hall–Kier alpha value is -1.10. The molecule has 1 saturated heterocycles. The molecular formula is C13H22N2O3. The monoisotopic (exact) mass is 254 g/mol. The van der Waals surface area contributed by atoms with Gasteiger partial charge in [-0.2, -0.15) is 0 Å². The van der Waals surface area contributed by atoms with Crippen molar-refractivity contribution in [1.29, 1.82) is 0 Å². The molecule has 0 aromatic rings. The molecule has 1 saturated carbocycles. The van der Waals surface area contributed by atoms with E-state index in [2.05, 4.69) is 0 Å². The normalized spacial score (nSPS) is 31.7. The zero-order valence-corrected chi connectivity index (χ0v) is 10.9. The van der Waals surface area contributed by atoms with Gasteiger partial charge in [0.15, 0.2) is 0 Å². The van der Waals surface area contributed by atoms with Gasteiger partial charge in [-0.15, -0.1) is 0 Å². The van der Waals surface area contributed by atoms with Gasteiger partial charge in [0, 0.05) is 12.5 Å². The molecule has 2 fully saturated rings. The summed E-state index contributed by atoms with van der Waals surface area (Å²) in [5.41, 5.74) is 5.72. The van der Waals surface area contributed by atoms with Gasteiger partial charge in [-0.3, -0.25) is 4.79 Å². The second kappa shape index (κ2) is 5.69. The van der Waals surface area contributed by atoms with Crippen LogP contribution in [0, 0.1) is 11.8 Å². The second-order valence-electron chi connectivity index (χ2n) is 5.25. The van der Waals surface area contributed by atoms with E-state index in [-0.39, 0.29) is 29.8 Å². The van der Waals surface area contributed by atoms with Crippen LogP contribution in [0.1, 0.15) is 32.1 Å². The molecule has 3 unspecified atom stereocenters. The van der Waals surface area contributed by atoms with Crippen LogP contribution in [0.2, 0.25) is 0 Å². The van der Waals surface area contributed by atoms with Crippen LogP contribution >= 0.6 is 0 Å². The molecule has 2 rings (SSSR count). The van der Waals surface area contributed by atoms with Crippen molar-refractivity contribution < 1.29 is 14.3 Å². The number of rotatable bonds is 3. The predicted octanol–water partition coefficient (Wildman–Crippen LogP) is 0.525. The maximum Gasteiger partial charge on any atom is 0.328 e. The van der Waals surface area contributed by atoms with Crippen molar-refractivity contribution in [3.63, 3.8) is 0 Å². The van der Waals surface area contributed by atoms with Gasteiger partial charge in [0.05, 0.1) is 7.11 Å². The van der Waals surface area contributed by atoms with E-state index in [9.17, 15) is 9.59 Å². The fourth-order valence-corrected chi connectivity index (χ4v) is 3.27. The fraction of sp³-hybridized carbons (Fsp3) is 0.846. The fourth-order valence-electron chi connectivity index (χ4n) is 3.27. The topological polar surface area (TPSA) is 72.6 Å². The number of carbonyl (C=O) groups excluding carboxylic acids is 2. The first kappa shape index (κ1) is 13.3. The molecule has 0 radical (unpaired) electrons. The number of esters is 1. The third-order valence-corrected chi connectivity index (χ3v) is 4.29. The molecule has 5 nitrogen and oxygen atoms in total. The van der Waals surface area contributed by atoms with Gasteiger partial charge in [-0.25, -0.2) is 4.79 Å². The number of nitrogens with two attached hydrogens (primary N) is 1. The smallest absolute Gasteiger partial charge is 0.328 e. The predicted molar refractivity (Wildman–Crippen MR) is 66.6 cm³/mol. The molecule has 0 aromatic carbocycles. The standard InChI is InChI=1S/C13H22N2O3/c1-18-13(17)11-6-3-7-15(11)12(16)10-5-2-4-9(10)8-14/h9-11H,2-8,14H2,1H3. The molecule has 102 valence electrons. The molecule has 2 N–H and O–H groups in total. The van der Waals surface area contributed by atoms with Crippen LogP contribution in [-0.4, -0.2) is 43.0 Å². The van der Waals surface area contributed by atoms with E-state index in [0.717, 1.165) is 32.1 Å². The Labute approximate surface area is 108 Å². The second-order valence-corrected chi connectivity index (χ2v) is 5.25. The maximum absolute atomic E-state index is 12.5. The highest BCUT2D eigenvalue weighted by molar-refractivity contribution is 5.86. The average Bonchev–Trinajstić information content (AvgIpc) is 3.04. The number of hydrogen-bond donors (Lipinski definition) is 1. The minimum atomic E-state index is -0.374. The van der Waals surface area contributed by atoms with Crippen LogP contribution in [0.3, 0.4) is 0 Å². The molecule has 1 amide bonds. The number of amides is 1. The summed E-state index contributed by atoms with van der Waals surface area (Å²) in [6.45, 7) is 1.24. The third kappa shape index (κ3) is 2.36. The number of carbonyl (C=O) groups is 2. The van der Waals surface area contributed by atoms with E-state index in [0.29, 0.717) is 13.1 Å². The van der Waals surface area contributed by atoms with Gasteiger partial charge in [0.25, 0.3) is 0 Å². The Morgan fingerprint density at radius 3 is 2.72 bits per heavy atom. The summed E-state index contributed by atoms with van der Waals surface area (Å²) in [4.78, 5) is 25.9. The summed E-state index contributed by atoms with van der Waals surface area (Å²) in [6.07, 6.45) is 4.60. The van der Waals surface area contributed by atoms with Crippen LogP contribution in [0.5, 0.6) is 0 Å². The lowest BCUT2D eigenvalue weighted by Crippen LogP contribution is -2.45. The summed E-state index contributed by atoms with van der Waals surface area (Å²) < 4.78 is 4.77. The summed E-state index contributed by atoms with van der Waals surface area (Å²) in [7, 11) is 1.38. The number of methoxy groups -OCH3 is 1. The molecule has 1 aliphatic carbocycles. The molecule has 3 atom stereocenters. The van der Waals surface area contributed by atoms with Crippen molar-refractivity contribution in [1.82, 2.24) is 4.90 Å². The Morgan fingerprint density at radius 2 is 2.06 bits per heavy atom. The molecule has 2 aliphatic rings. The summed E-state index contributed by atoms with van der Waals surface area (Å²) in [5.74, 6) is 0.121. The van der Waals surface area contributed by atoms with Crippen molar-refractivity contribution in [2.75, 3.05) is 20.2 Å². The zero-order chi connectivity index (χ0) is 13.1. The van der Waals surface area contributed by atoms with Gasteiger partial charge < -0.3 is 15.4 Å². The Bertz CT molecular complexity index is 332. The minimum absolute atomic E-state index is 0.0141. The van der Waals surface area contributed by atoms with Crippen LogP contribution in [0.4, 0.5) is 0 Å². The molecule has 1 aliphatic heterocycles. The van der Waals surface area contributed by atoms with E-state index < -0.39 is 0 Å². The van der Waals surface area contributed by atoms with Crippen LogP contribution < -0.4 is 5.73 Å². The highest BCUT2D eigenvalue weighted by Gasteiger charge is 2.41. The molecule has 0 aromatic heterocycles. The van der Waals surface area contributed by atoms with E-state index in [4.69, 9.17) is 10.5 Å². The average molecular weight is 254 g/mol. The lowest BCUT2D eigenvalue weighted by Gasteiger charge is -2.28. The summed E-state index contributed by atoms with van der Waals surface area (Å²) >= 11 is 0. The van der Waals surface area contributed by atoms with Crippen molar-refractivity contribution in [2.45, 2.75) is 38.1 Å². The number of hydrogen-bond acceptors (Lipinski definition) is 4. The first-order valence-corrected chi connectivity index (χ1v) is 6.77. The van der Waals surface area contributed by atoms with Gasteiger partial charge in [-0.05, 0) is 38.1 Å². The van der Waals surface area contributed by atoms with Crippen LogP contribution in [0.25, 0.3) is 0 Å². The lowest BCUT2D eigenvalue weighted by atomic mass is 9.94. The molecule has 5 heteroatoms. The molecule has 1 heterocycles. The van der Waals surface area contributed by atoms with E-state index in [1.165, 1.54) is 7.11 Å². The maximum atomic E-state index is 12.5. The number of ether oxygens (including phenoxy) is 1. The van der Waals surface area contributed by atoms with E-state index >= 15 is 0 Å². The van der Waals surface area contributed by atoms with Crippen LogP contribution in [-0.2, 0) is 14.3 Å². The van der Waals surface area contributed by atoms with Crippen molar-refractivity contribution >= 4 is 11.9 Å². The molecular weight excluding hydrogens is 232 g/mol.